The molecule has 3 aromatic rings. The Bertz CT molecular complexity index is 780. The van der Waals surface area contributed by atoms with Crippen molar-refractivity contribution < 1.29 is 9.21 Å². The van der Waals surface area contributed by atoms with Gasteiger partial charge in [-0.3, -0.25) is 4.79 Å². The molecule has 0 fully saturated rings. The number of hydrogen-bond donors (Lipinski definition) is 1. The average Bonchev–Trinajstić information content (AvgIpc) is 3.10. The molecule has 0 unspecified atom stereocenters. The lowest BCUT2D eigenvalue weighted by Crippen LogP contribution is -2.08. The molecule has 0 bridgehead atoms. The van der Waals surface area contributed by atoms with Crippen LogP contribution in [0.25, 0.3) is 17.1 Å². The molecule has 100 valence electrons. The summed E-state index contributed by atoms with van der Waals surface area (Å²) < 4.78 is 13.3. The van der Waals surface area contributed by atoms with Crippen LogP contribution in [0.5, 0.6) is 0 Å². The van der Waals surface area contributed by atoms with E-state index in [1.54, 1.807) is 30.3 Å². The maximum Gasteiger partial charge on any atom is 0.248 e. The number of fused-ring (bicyclic) bond motifs is 1. The van der Waals surface area contributed by atoms with E-state index < -0.39 is 0 Å². The Balaban J connectivity index is 1.84. The Labute approximate surface area is 123 Å². The maximum atomic E-state index is 11.9. The van der Waals surface area contributed by atoms with Crippen molar-refractivity contribution in [3.8, 4) is 0 Å². The quantitative estimate of drug-likeness (QED) is 0.751. The van der Waals surface area contributed by atoms with Crippen molar-refractivity contribution in [2.24, 2.45) is 0 Å². The second-order valence-corrected chi connectivity index (χ2v) is 4.83. The Hall–Kier alpha value is -2.18. The minimum atomic E-state index is -0.316. The van der Waals surface area contributed by atoms with Crippen LogP contribution in [0, 0.1) is 0 Å². The van der Waals surface area contributed by atoms with Crippen LogP contribution in [0.4, 0.5) is 5.69 Å². The number of nitrogens with one attached hydrogen (secondary N) is 1. The third-order valence-electron chi connectivity index (χ3n) is 2.57. The van der Waals surface area contributed by atoms with E-state index in [1.807, 2.05) is 0 Å². The first-order valence-electron chi connectivity index (χ1n) is 5.67. The fourth-order valence-electron chi connectivity index (χ4n) is 1.65. The monoisotopic (exact) mass is 305 g/mol. The summed E-state index contributed by atoms with van der Waals surface area (Å²) in [5.41, 5.74) is 1.75. The van der Waals surface area contributed by atoms with Crippen molar-refractivity contribution in [1.82, 2.24) is 8.75 Å². The maximum absolute atomic E-state index is 11.9. The van der Waals surface area contributed by atoms with Crippen LogP contribution in [0.2, 0.25) is 5.02 Å². The van der Waals surface area contributed by atoms with Crippen molar-refractivity contribution in [2.75, 3.05) is 5.32 Å². The number of aromatic nitrogens is 2. The van der Waals surface area contributed by atoms with Gasteiger partial charge in [-0.25, -0.2) is 0 Å². The number of amides is 1. The predicted molar refractivity (Wildman–Crippen MR) is 78.8 cm³/mol. The van der Waals surface area contributed by atoms with Gasteiger partial charge in [0, 0.05) is 6.08 Å². The summed E-state index contributed by atoms with van der Waals surface area (Å²) in [5.74, 6) is 0.281. The van der Waals surface area contributed by atoms with Gasteiger partial charge in [0.15, 0.2) is 0 Å². The molecule has 2 heterocycles. The first-order chi connectivity index (χ1) is 9.74. The number of carbonyl (C=O) groups is 1. The summed E-state index contributed by atoms with van der Waals surface area (Å²) in [6.07, 6.45) is 4.48. The normalized spacial score (nSPS) is 11.2. The van der Waals surface area contributed by atoms with Crippen LogP contribution in [-0.2, 0) is 4.79 Å². The van der Waals surface area contributed by atoms with Crippen LogP contribution < -0.4 is 5.32 Å². The topological polar surface area (TPSA) is 68.0 Å². The molecule has 20 heavy (non-hydrogen) atoms. The van der Waals surface area contributed by atoms with E-state index in [2.05, 4.69) is 14.1 Å². The average molecular weight is 306 g/mol. The number of carbonyl (C=O) groups excluding carboxylic acids is 1. The molecule has 0 spiro atoms. The van der Waals surface area contributed by atoms with Gasteiger partial charge in [0.2, 0.25) is 5.91 Å². The van der Waals surface area contributed by atoms with Gasteiger partial charge in [-0.2, -0.15) is 8.75 Å². The van der Waals surface area contributed by atoms with Crippen LogP contribution in [0.3, 0.4) is 0 Å². The second-order valence-electron chi connectivity index (χ2n) is 3.89. The minimum absolute atomic E-state index is 0.316. The molecule has 1 N–H and O–H groups in total. The highest BCUT2D eigenvalue weighted by Crippen LogP contribution is 2.29. The molecule has 2 aromatic heterocycles. The largest absolute Gasteiger partial charge is 0.465 e. The molecule has 0 saturated heterocycles. The van der Waals surface area contributed by atoms with E-state index in [-0.39, 0.29) is 5.91 Å². The number of hydrogen-bond acceptors (Lipinski definition) is 5. The van der Waals surface area contributed by atoms with E-state index in [9.17, 15) is 4.79 Å². The van der Waals surface area contributed by atoms with Crippen LogP contribution in [0.1, 0.15) is 5.76 Å². The molecule has 0 saturated carbocycles. The lowest BCUT2D eigenvalue weighted by molar-refractivity contribution is -0.111. The zero-order valence-corrected chi connectivity index (χ0v) is 11.6. The number of benzene rings is 1. The van der Waals surface area contributed by atoms with Gasteiger partial charge in [-0.15, -0.1) is 0 Å². The number of anilines is 1. The summed E-state index contributed by atoms with van der Waals surface area (Å²) >= 11 is 7.15. The van der Waals surface area contributed by atoms with Crippen LogP contribution in [-0.4, -0.2) is 14.7 Å². The number of rotatable bonds is 3. The molecule has 1 amide bonds. The smallest absolute Gasteiger partial charge is 0.248 e. The van der Waals surface area contributed by atoms with E-state index >= 15 is 0 Å². The molecule has 0 aliphatic rings. The lowest BCUT2D eigenvalue weighted by atomic mass is 10.2. The van der Waals surface area contributed by atoms with Crippen molar-refractivity contribution in [2.45, 2.75) is 0 Å². The predicted octanol–water partition coefficient (Wildman–Crippen LogP) is 3.59. The van der Waals surface area contributed by atoms with Crippen molar-refractivity contribution in [3.05, 3.63) is 47.4 Å². The molecule has 0 aliphatic carbocycles. The highest BCUT2D eigenvalue weighted by molar-refractivity contribution is 7.00. The molecule has 3 rings (SSSR count). The SMILES string of the molecule is O=C(/C=C/c1ccco1)Nc1c(Cl)ccc2nsnc12. The van der Waals surface area contributed by atoms with Crippen molar-refractivity contribution >= 4 is 52.0 Å². The third-order valence-corrected chi connectivity index (χ3v) is 3.42. The number of halogens is 1. The van der Waals surface area contributed by atoms with Gasteiger partial charge < -0.3 is 9.73 Å². The zero-order chi connectivity index (χ0) is 13.9. The van der Waals surface area contributed by atoms with Gasteiger partial charge in [-0.1, -0.05) is 11.6 Å². The van der Waals surface area contributed by atoms with Gasteiger partial charge in [0.05, 0.1) is 28.7 Å². The van der Waals surface area contributed by atoms with Crippen LogP contribution >= 0.6 is 23.3 Å². The van der Waals surface area contributed by atoms with E-state index in [4.69, 9.17) is 16.0 Å². The van der Waals surface area contributed by atoms with Gasteiger partial charge in [-0.05, 0) is 30.3 Å². The molecular formula is C13H8ClN3O2S. The van der Waals surface area contributed by atoms with E-state index in [0.29, 0.717) is 27.5 Å². The fourth-order valence-corrected chi connectivity index (χ4v) is 2.40. The standard InChI is InChI=1S/C13H8ClN3O2S/c14-9-4-5-10-13(17-20-16-10)12(9)15-11(18)6-3-8-2-1-7-19-8/h1-7H,(H,15,18)/b6-3+. The number of furan rings is 1. The van der Waals surface area contributed by atoms with Gasteiger partial charge in [0.25, 0.3) is 0 Å². The molecule has 5 nitrogen and oxygen atoms in total. The molecular weight excluding hydrogens is 298 g/mol. The molecule has 7 heteroatoms. The first-order valence-corrected chi connectivity index (χ1v) is 6.78. The molecule has 1 aromatic carbocycles. The summed E-state index contributed by atoms with van der Waals surface area (Å²) in [5, 5.41) is 3.13. The molecule has 0 radical (unpaired) electrons. The Morgan fingerprint density at radius 2 is 2.25 bits per heavy atom. The fraction of sp³-hybridized carbons (Fsp3) is 0. The highest BCUT2D eigenvalue weighted by atomic mass is 35.5. The van der Waals surface area contributed by atoms with Gasteiger partial charge in [0.1, 0.15) is 16.8 Å². The highest BCUT2D eigenvalue weighted by Gasteiger charge is 2.11. The summed E-state index contributed by atoms with van der Waals surface area (Å²) in [6.45, 7) is 0. The summed E-state index contributed by atoms with van der Waals surface area (Å²) in [4.78, 5) is 11.9. The molecule has 0 aliphatic heterocycles. The Kier molecular flexibility index (Phi) is 3.49. The third kappa shape index (κ3) is 2.56. The summed E-state index contributed by atoms with van der Waals surface area (Å²) in [7, 11) is 0. The van der Waals surface area contributed by atoms with Crippen molar-refractivity contribution in [1.29, 1.82) is 0 Å². The minimum Gasteiger partial charge on any atom is -0.465 e. The Morgan fingerprint density at radius 1 is 1.35 bits per heavy atom. The second kappa shape index (κ2) is 5.44. The zero-order valence-electron chi connectivity index (χ0n) is 10.0. The lowest BCUT2D eigenvalue weighted by Gasteiger charge is -2.04. The van der Waals surface area contributed by atoms with E-state index in [0.717, 1.165) is 11.7 Å². The number of nitrogens with zero attached hydrogens (tertiary/aromatic N) is 2. The van der Waals surface area contributed by atoms with Crippen molar-refractivity contribution in [3.63, 3.8) is 0 Å². The van der Waals surface area contributed by atoms with Gasteiger partial charge >= 0.3 is 0 Å². The van der Waals surface area contributed by atoms with E-state index in [1.165, 1.54) is 12.3 Å². The van der Waals surface area contributed by atoms with Crippen LogP contribution in [0.15, 0.2) is 41.0 Å². The first kappa shape index (κ1) is 12.8. The summed E-state index contributed by atoms with van der Waals surface area (Å²) in [6, 6.07) is 6.94. The Morgan fingerprint density at radius 3 is 3.05 bits per heavy atom. The molecule has 0 atom stereocenters.